The summed E-state index contributed by atoms with van der Waals surface area (Å²) < 4.78 is 11.0. The molecular formula is C15H22N2O3. The van der Waals surface area contributed by atoms with Gasteiger partial charge in [-0.15, -0.1) is 0 Å². The molecule has 5 heteroatoms. The standard InChI is InChI=1S/C15H22N2O3/c1-2-5-16-6-7-17-15(18)11-12-3-4-13-14(10-12)20-9-8-19-13/h3-4,10,16H,2,5-9,11H2,1H3,(H,17,18). The van der Waals surface area contributed by atoms with Crippen LogP contribution in [-0.2, 0) is 11.2 Å². The fourth-order valence-corrected chi connectivity index (χ4v) is 2.04. The number of nitrogens with one attached hydrogen (secondary N) is 2. The van der Waals surface area contributed by atoms with Crippen LogP contribution in [0.4, 0.5) is 0 Å². The van der Waals surface area contributed by atoms with E-state index in [4.69, 9.17) is 9.47 Å². The van der Waals surface area contributed by atoms with Crippen molar-refractivity contribution in [1.29, 1.82) is 0 Å². The maximum atomic E-state index is 11.8. The van der Waals surface area contributed by atoms with E-state index in [1.165, 1.54) is 0 Å². The fourth-order valence-electron chi connectivity index (χ4n) is 2.04. The molecule has 0 spiro atoms. The lowest BCUT2D eigenvalue weighted by Gasteiger charge is -2.18. The van der Waals surface area contributed by atoms with Gasteiger partial charge in [-0.25, -0.2) is 0 Å². The molecule has 1 heterocycles. The number of ether oxygens (including phenoxy) is 2. The first kappa shape index (κ1) is 14.7. The predicted octanol–water partition coefficient (Wildman–Crippen LogP) is 1.12. The number of benzene rings is 1. The van der Waals surface area contributed by atoms with Gasteiger partial charge in [-0.3, -0.25) is 4.79 Å². The molecule has 0 unspecified atom stereocenters. The van der Waals surface area contributed by atoms with E-state index in [0.717, 1.165) is 36.6 Å². The molecule has 0 fully saturated rings. The van der Waals surface area contributed by atoms with Crippen LogP contribution in [0.2, 0.25) is 0 Å². The van der Waals surface area contributed by atoms with Crippen LogP contribution in [0.15, 0.2) is 18.2 Å². The summed E-state index contributed by atoms with van der Waals surface area (Å²) in [6.45, 7) is 5.71. The van der Waals surface area contributed by atoms with Gasteiger partial charge in [-0.05, 0) is 30.7 Å². The zero-order valence-electron chi connectivity index (χ0n) is 11.9. The Morgan fingerprint density at radius 3 is 2.75 bits per heavy atom. The highest BCUT2D eigenvalue weighted by molar-refractivity contribution is 5.78. The molecule has 0 aromatic heterocycles. The Hall–Kier alpha value is -1.75. The smallest absolute Gasteiger partial charge is 0.224 e. The van der Waals surface area contributed by atoms with Gasteiger partial charge in [-0.1, -0.05) is 13.0 Å². The molecule has 1 aliphatic rings. The topological polar surface area (TPSA) is 59.6 Å². The van der Waals surface area contributed by atoms with Crippen LogP contribution in [0.5, 0.6) is 11.5 Å². The van der Waals surface area contributed by atoms with Crippen molar-refractivity contribution in [3.63, 3.8) is 0 Å². The molecule has 1 amide bonds. The third-order valence-corrected chi connectivity index (χ3v) is 3.02. The lowest BCUT2D eigenvalue weighted by atomic mass is 10.1. The zero-order valence-corrected chi connectivity index (χ0v) is 11.9. The molecule has 0 saturated carbocycles. The van der Waals surface area contributed by atoms with E-state index in [1.807, 2.05) is 18.2 Å². The second kappa shape index (κ2) is 7.75. The van der Waals surface area contributed by atoms with Gasteiger partial charge in [0, 0.05) is 13.1 Å². The van der Waals surface area contributed by atoms with Gasteiger partial charge in [0.1, 0.15) is 13.2 Å². The summed E-state index contributed by atoms with van der Waals surface area (Å²) in [6, 6.07) is 5.64. The molecule has 1 aromatic carbocycles. The summed E-state index contributed by atoms with van der Waals surface area (Å²) in [5, 5.41) is 6.14. The molecule has 0 atom stereocenters. The van der Waals surface area contributed by atoms with Gasteiger partial charge < -0.3 is 20.1 Å². The Balaban J connectivity index is 1.76. The van der Waals surface area contributed by atoms with Crippen molar-refractivity contribution in [2.45, 2.75) is 19.8 Å². The van der Waals surface area contributed by atoms with Crippen molar-refractivity contribution < 1.29 is 14.3 Å². The van der Waals surface area contributed by atoms with Gasteiger partial charge in [0.05, 0.1) is 6.42 Å². The Kier molecular flexibility index (Phi) is 5.68. The maximum absolute atomic E-state index is 11.8. The van der Waals surface area contributed by atoms with E-state index >= 15 is 0 Å². The highest BCUT2D eigenvalue weighted by Crippen LogP contribution is 2.30. The summed E-state index contributed by atoms with van der Waals surface area (Å²) in [7, 11) is 0. The highest BCUT2D eigenvalue weighted by Gasteiger charge is 2.12. The maximum Gasteiger partial charge on any atom is 0.224 e. The molecule has 2 rings (SSSR count). The van der Waals surface area contributed by atoms with Crippen LogP contribution in [0.1, 0.15) is 18.9 Å². The minimum Gasteiger partial charge on any atom is -0.486 e. The van der Waals surface area contributed by atoms with Gasteiger partial charge in [0.2, 0.25) is 5.91 Å². The molecule has 0 bridgehead atoms. The minimum atomic E-state index is 0.0278. The Bertz CT molecular complexity index is 449. The average molecular weight is 278 g/mol. The van der Waals surface area contributed by atoms with Crippen LogP contribution in [0, 0.1) is 0 Å². The van der Waals surface area contributed by atoms with E-state index in [9.17, 15) is 4.79 Å². The van der Waals surface area contributed by atoms with Crippen LogP contribution in [0.25, 0.3) is 0 Å². The molecule has 0 aliphatic carbocycles. The number of fused-ring (bicyclic) bond motifs is 1. The summed E-state index contributed by atoms with van der Waals surface area (Å²) in [4.78, 5) is 11.8. The molecule has 0 radical (unpaired) electrons. The first-order valence-electron chi connectivity index (χ1n) is 7.15. The molecule has 20 heavy (non-hydrogen) atoms. The van der Waals surface area contributed by atoms with Crippen LogP contribution < -0.4 is 20.1 Å². The third-order valence-electron chi connectivity index (χ3n) is 3.02. The molecule has 110 valence electrons. The SMILES string of the molecule is CCCNCCNC(=O)Cc1ccc2c(c1)OCCO2. The predicted molar refractivity (Wildman–Crippen MR) is 77.3 cm³/mol. The fraction of sp³-hybridized carbons (Fsp3) is 0.533. The van der Waals surface area contributed by atoms with Crippen LogP contribution >= 0.6 is 0 Å². The lowest BCUT2D eigenvalue weighted by molar-refractivity contribution is -0.120. The Morgan fingerprint density at radius 2 is 1.95 bits per heavy atom. The largest absolute Gasteiger partial charge is 0.486 e. The third kappa shape index (κ3) is 4.42. The summed E-state index contributed by atoms with van der Waals surface area (Å²) in [5.74, 6) is 1.51. The van der Waals surface area contributed by atoms with Crippen molar-refractivity contribution in [2.24, 2.45) is 0 Å². The molecule has 2 N–H and O–H groups in total. The number of hydrogen-bond donors (Lipinski definition) is 2. The number of carbonyl (C=O) groups is 1. The molecule has 1 aromatic rings. The van der Waals surface area contributed by atoms with Gasteiger partial charge in [0.15, 0.2) is 11.5 Å². The van der Waals surface area contributed by atoms with Crippen molar-refractivity contribution >= 4 is 5.91 Å². The molecule has 5 nitrogen and oxygen atoms in total. The van der Waals surface area contributed by atoms with E-state index in [2.05, 4.69) is 17.6 Å². The summed E-state index contributed by atoms with van der Waals surface area (Å²) in [6.07, 6.45) is 1.47. The van der Waals surface area contributed by atoms with Crippen molar-refractivity contribution in [2.75, 3.05) is 32.8 Å². The van der Waals surface area contributed by atoms with E-state index < -0.39 is 0 Å². The van der Waals surface area contributed by atoms with Gasteiger partial charge in [0.25, 0.3) is 0 Å². The van der Waals surface area contributed by atoms with Crippen LogP contribution in [-0.4, -0.2) is 38.8 Å². The van der Waals surface area contributed by atoms with E-state index in [1.54, 1.807) is 0 Å². The van der Waals surface area contributed by atoms with Crippen LogP contribution in [0.3, 0.4) is 0 Å². The zero-order chi connectivity index (χ0) is 14.2. The summed E-state index contributed by atoms with van der Waals surface area (Å²) >= 11 is 0. The normalized spacial score (nSPS) is 13.1. The van der Waals surface area contributed by atoms with Crippen molar-refractivity contribution in [3.8, 4) is 11.5 Å². The van der Waals surface area contributed by atoms with Gasteiger partial charge in [-0.2, -0.15) is 0 Å². The van der Waals surface area contributed by atoms with Gasteiger partial charge >= 0.3 is 0 Å². The number of carbonyl (C=O) groups excluding carboxylic acids is 1. The minimum absolute atomic E-state index is 0.0278. The summed E-state index contributed by atoms with van der Waals surface area (Å²) in [5.41, 5.74) is 0.938. The molecule has 1 aliphatic heterocycles. The average Bonchev–Trinajstić information content (AvgIpc) is 2.47. The molecule has 0 saturated heterocycles. The number of rotatable bonds is 7. The second-order valence-corrected chi connectivity index (χ2v) is 4.75. The Labute approximate surface area is 119 Å². The lowest BCUT2D eigenvalue weighted by Crippen LogP contribution is -2.33. The van der Waals surface area contributed by atoms with Crippen molar-refractivity contribution in [3.05, 3.63) is 23.8 Å². The van der Waals surface area contributed by atoms with Crippen molar-refractivity contribution in [1.82, 2.24) is 10.6 Å². The number of amides is 1. The quantitative estimate of drug-likeness (QED) is 0.734. The first-order chi connectivity index (χ1) is 9.79. The van der Waals surface area contributed by atoms with E-state index in [0.29, 0.717) is 26.2 Å². The highest BCUT2D eigenvalue weighted by atomic mass is 16.6. The molecular weight excluding hydrogens is 256 g/mol. The monoisotopic (exact) mass is 278 g/mol. The van der Waals surface area contributed by atoms with E-state index in [-0.39, 0.29) is 5.91 Å². The first-order valence-corrected chi connectivity index (χ1v) is 7.15. The Morgan fingerprint density at radius 1 is 1.15 bits per heavy atom. The number of hydrogen-bond acceptors (Lipinski definition) is 4. The second-order valence-electron chi connectivity index (χ2n) is 4.75.